The Morgan fingerprint density at radius 1 is 1.26 bits per heavy atom. The van der Waals surface area contributed by atoms with Gasteiger partial charge < -0.3 is 21.1 Å². The Labute approximate surface area is 239 Å². The number of aromatic nitrogens is 3. The number of carbonyl (C=O) groups excluding carboxylic acids is 2. The van der Waals surface area contributed by atoms with Crippen molar-refractivity contribution in [2.45, 2.75) is 69.9 Å². The van der Waals surface area contributed by atoms with Gasteiger partial charge in [0.2, 0.25) is 10.0 Å². The summed E-state index contributed by atoms with van der Waals surface area (Å²) in [6.07, 6.45) is -0.147. The van der Waals surface area contributed by atoms with E-state index >= 15 is 0 Å². The van der Waals surface area contributed by atoms with Crippen molar-refractivity contribution in [1.29, 1.82) is 0 Å². The molecule has 3 heterocycles. The molecule has 2 amide bonds. The Morgan fingerprint density at radius 2 is 1.93 bits per heavy atom. The highest BCUT2D eigenvalue weighted by atomic mass is 32.2. The predicted molar refractivity (Wildman–Crippen MR) is 147 cm³/mol. The number of rotatable bonds is 6. The van der Waals surface area contributed by atoms with Crippen LogP contribution in [0, 0.1) is 0 Å². The summed E-state index contributed by atoms with van der Waals surface area (Å²) in [5.41, 5.74) is 5.75. The number of hydrogen-bond donors (Lipinski definition) is 4. The lowest BCUT2D eigenvalue weighted by Crippen LogP contribution is -2.43. The molecule has 2 aromatic heterocycles. The fraction of sp³-hybridized carbons (Fsp3) is 0.462. The number of sulfonamides is 1. The van der Waals surface area contributed by atoms with Gasteiger partial charge in [-0.15, -0.1) is 5.10 Å². The second-order valence-corrected chi connectivity index (χ2v) is 12.9. The standard InChI is InChI=1S/C26H30F3N7O5S/c1-13(26(27,28)29)35-12-15-10-14(11-18(19(15)24(35)38)34-42(3,40)41)17-6-9-36-22(32-17)20(21(30)33-36)23(37)31-16-4-7-25(2,39)8-5-16/h6,9-11,13,16,34,39H,4-5,7-8,12H2,1-3H3,(H2,30,33)(H,31,37)/t13-,16?,25?/m0/s1. The van der Waals surface area contributed by atoms with Crippen molar-refractivity contribution >= 4 is 39.0 Å². The maximum atomic E-state index is 13.5. The van der Waals surface area contributed by atoms with Gasteiger partial charge in [0.25, 0.3) is 11.8 Å². The van der Waals surface area contributed by atoms with E-state index in [2.05, 4.69) is 20.1 Å². The predicted octanol–water partition coefficient (Wildman–Crippen LogP) is 2.68. The summed E-state index contributed by atoms with van der Waals surface area (Å²) in [5.74, 6) is -1.53. The molecule has 1 saturated carbocycles. The third kappa shape index (κ3) is 5.72. The van der Waals surface area contributed by atoms with Gasteiger partial charge in [0.15, 0.2) is 11.5 Å². The Hall–Kier alpha value is -3.92. The molecular weight excluding hydrogens is 579 g/mol. The van der Waals surface area contributed by atoms with Crippen molar-refractivity contribution in [3.05, 3.63) is 41.1 Å². The van der Waals surface area contributed by atoms with Gasteiger partial charge in [0, 0.05) is 24.3 Å². The van der Waals surface area contributed by atoms with Gasteiger partial charge in [-0.05, 0) is 63.3 Å². The van der Waals surface area contributed by atoms with Crippen LogP contribution in [0.25, 0.3) is 16.9 Å². The zero-order chi connectivity index (χ0) is 30.8. The molecule has 5 rings (SSSR count). The van der Waals surface area contributed by atoms with E-state index in [9.17, 15) is 36.3 Å². The number of carbonyl (C=O) groups is 2. The second-order valence-electron chi connectivity index (χ2n) is 11.2. The largest absolute Gasteiger partial charge is 0.408 e. The van der Waals surface area contributed by atoms with Gasteiger partial charge in [-0.2, -0.15) is 13.2 Å². The third-order valence-electron chi connectivity index (χ3n) is 7.71. The molecular formula is C26H30F3N7O5S. The second kappa shape index (κ2) is 10.1. The average Bonchev–Trinajstić information content (AvgIpc) is 3.38. The molecule has 1 aromatic carbocycles. The van der Waals surface area contributed by atoms with E-state index in [0.29, 0.717) is 30.6 Å². The Balaban J connectivity index is 1.53. The number of aliphatic hydroxyl groups is 1. The van der Waals surface area contributed by atoms with Crippen LogP contribution in [-0.2, 0) is 16.6 Å². The molecule has 1 fully saturated rings. The van der Waals surface area contributed by atoms with Crippen LogP contribution in [0.4, 0.5) is 24.7 Å². The summed E-state index contributed by atoms with van der Waals surface area (Å²) < 4.78 is 68.2. The van der Waals surface area contributed by atoms with Gasteiger partial charge in [-0.3, -0.25) is 14.3 Å². The zero-order valence-corrected chi connectivity index (χ0v) is 23.8. The van der Waals surface area contributed by atoms with E-state index < -0.39 is 46.2 Å². The van der Waals surface area contributed by atoms with Crippen molar-refractivity contribution < 1.29 is 36.3 Å². The number of hydrogen-bond acceptors (Lipinski definition) is 8. The van der Waals surface area contributed by atoms with Crippen LogP contribution in [-0.4, -0.2) is 75.0 Å². The Morgan fingerprint density at radius 3 is 2.55 bits per heavy atom. The number of nitrogens with two attached hydrogens (primary N) is 1. The highest BCUT2D eigenvalue weighted by Crippen LogP contribution is 2.38. The summed E-state index contributed by atoms with van der Waals surface area (Å²) >= 11 is 0. The normalized spacial score (nSPS) is 21.8. The van der Waals surface area contributed by atoms with Crippen LogP contribution in [0.2, 0.25) is 0 Å². The minimum atomic E-state index is -4.69. The summed E-state index contributed by atoms with van der Waals surface area (Å²) in [7, 11) is -3.92. The molecule has 0 unspecified atom stereocenters. The van der Waals surface area contributed by atoms with Crippen LogP contribution in [0.1, 0.15) is 65.8 Å². The number of fused-ring (bicyclic) bond motifs is 2. The minimum absolute atomic E-state index is 0.0187. The van der Waals surface area contributed by atoms with E-state index in [4.69, 9.17) is 5.73 Å². The maximum Gasteiger partial charge on any atom is 0.408 e. The number of amides is 2. The first kappa shape index (κ1) is 29.6. The number of halogens is 3. The number of benzene rings is 1. The summed E-state index contributed by atoms with van der Waals surface area (Å²) in [4.78, 5) is 31.4. The fourth-order valence-electron chi connectivity index (χ4n) is 5.36. The number of alkyl halides is 3. The van der Waals surface area contributed by atoms with Crippen LogP contribution in [0.15, 0.2) is 24.4 Å². The van der Waals surface area contributed by atoms with Crippen LogP contribution in [0.5, 0.6) is 0 Å². The van der Waals surface area contributed by atoms with Crippen LogP contribution in [0.3, 0.4) is 0 Å². The number of nitrogens with one attached hydrogen (secondary N) is 2. The van der Waals surface area contributed by atoms with E-state index in [0.717, 1.165) is 13.2 Å². The molecule has 0 saturated heterocycles. The minimum Gasteiger partial charge on any atom is -0.390 e. The highest BCUT2D eigenvalue weighted by molar-refractivity contribution is 7.92. The molecule has 3 aromatic rings. The van der Waals surface area contributed by atoms with Crippen molar-refractivity contribution in [2.75, 3.05) is 16.7 Å². The van der Waals surface area contributed by atoms with E-state index in [1.165, 1.54) is 28.9 Å². The molecule has 1 atom stereocenters. The number of nitrogen functional groups attached to an aromatic ring is 1. The maximum absolute atomic E-state index is 13.5. The average molecular weight is 610 g/mol. The first-order chi connectivity index (χ1) is 19.4. The first-order valence-electron chi connectivity index (χ1n) is 13.1. The number of anilines is 2. The highest BCUT2D eigenvalue weighted by Gasteiger charge is 2.46. The van der Waals surface area contributed by atoms with Crippen LogP contribution >= 0.6 is 0 Å². The van der Waals surface area contributed by atoms with Gasteiger partial charge in [0.05, 0.1) is 28.8 Å². The summed E-state index contributed by atoms with van der Waals surface area (Å²) in [6.45, 7) is 2.21. The quantitative estimate of drug-likeness (QED) is 0.330. The van der Waals surface area contributed by atoms with Gasteiger partial charge in [-0.1, -0.05) is 0 Å². The van der Waals surface area contributed by atoms with E-state index in [1.807, 2.05) is 0 Å². The molecule has 1 aliphatic carbocycles. The van der Waals surface area contributed by atoms with Gasteiger partial charge in [0.1, 0.15) is 11.6 Å². The molecule has 0 spiro atoms. The van der Waals surface area contributed by atoms with Crippen LogP contribution < -0.4 is 15.8 Å². The van der Waals surface area contributed by atoms with Crippen molar-refractivity contribution in [3.8, 4) is 11.3 Å². The molecule has 5 N–H and O–H groups in total. The lowest BCUT2D eigenvalue weighted by atomic mass is 9.83. The monoisotopic (exact) mass is 609 g/mol. The van der Waals surface area contributed by atoms with Gasteiger partial charge >= 0.3 is 6.18 Å². The van der Waals surface area contributed by atoms with Crippen molar-refractivity contribution in [1.82, 2.24) is 24.8 Å². The van der Waals surface area contributed by atoms with Crippen molar-refractivity contribution in [3.63, 3.8) is 0 Å². The molecule has 0 radical (unpaired) electrons. The Kier molecular flexibility index (Phi) is 7.12. The van der Waals surface area contributed by atoms with Gasteiger partial charge in [-0.25, -0.2) is 17.9 Å². The molecule has 1 aliphatic heterocycles. The Bertz CT molecular complexity index is 1690. The fourth-order valence-corrected chi connectivity index (χ4v) is 5.92. The lowest BCUT2D eigenvalue weighted by molar-refractivity contribution is -0.172. The summed E-state index contributed by atoms with van der Waals surface area (Å²) in [5, 5.41) is 17.3. The molecule has 42 heavy (non-hydrogen) atoms. The zero-order valence-electron chi connectivity index (χ0n) is 23.0. The first-order valence-corrected chi connectivity index (χ1v) is 15.0. The smallest absolute Gasteiger partial charge is 0.390 e. The molecule has 0 bridgehead atoms. The topological polar surface area (TPSA) is 172 Å². The summed E-state index contributed by atoms with van der Waals surface area (Å²) in [6, 6.07) is 2.01. The molecule has 226 valence electrons. The van der Waals surface area contributed by atoms with E-state index in [1.54, 1.807) is 6.92 Å². The third-order valence-corrected chi connectivity index (χ3v) is 8.30. The molecule has 2 aliphatic rings. The molecule has 16 heteroatoms. The number of nitrogens with zero attached hydrogens (tertiary/aromatic N) is 4. The van der Waals surface area contributed by atoms with E-state index in [-0.39, 0.29) is 51.1 Å². The molecule has 12 nitrogen and oxygen atoms in total. The van der Waals surface area contributed by atoms with Crippen molar-refractivity contribution in [2.24, 2.45) is 0 Å². The lowest BCUT2D eigenvalue weighted by Gasteiger charge is -2.33. The SMILES string of the molecule is C[C@H](N1Cc2cc(-c3ccn4nc(N)c(C(=O)NC5CCC(C)(O)CC5)c4n3)cc(NS(C)(=O)=O)c2C1=O)C(F)(F)F.